The van der Waals surface area contributed by atoms with Gasteiger partial charge < -0.3 is 5.32 Å². The summed E-state index contributed by atoms with van der Waals surface area (Å²) in [7, 11) is 0. The molecule has 0 saturated carbocycles. The van der Waals surface area contributed by atoms with Gasteiger partial charge >= 0.3 is 0 Å². The second-order valence-electron chi connectivity index (χ2n) is 6.62. The molecule has 0 bridgehead atoms. The molecule has 1 N–H and O–H groups in total. The molecule has 2 heteroatoms. The van der Waals surface area contributed by atoms with Gasteiger partial charge in [0.25, 0.3) is 0 Å². The van der Waals surface area contributed by atoms with Crippen molar-refractivity contribution in [2.45, 2.75) is 44.7 Å². The van der Waals surface area contributed by atoms with Crippen molar-refractivity contribution >= 4 is 0 Å². The summed E-state index contributed by atoms with van der Waals surface area (Å²) >= 11 is 0. The second kappa shape index (κ2) is 4.60. The number of hydrogen-bond acceptors (Lipinski definition) is 2. The zero-order valence-electron chi connectivity index (χ0n) is 11.9. The number of likely N-dealkylation sites (tertiary alicyclic amines) is 1. The van der Waals surface area contributed by atoms with Gasteiger partial charge in [-0.2, -0.15) is 0 Å². The average molecular weight is 256 g/mol. The summed E-state index contributed by atoms with van der Waals surface area (Å²) < 4.78 is 0. The van der Waals surface area contributed by atoms with Crippen LogP contribution in [-0.2, 0) is 6.42 Å². The average Bonchev–Trinajstić information content (AvgIpc) is 3.03. The number of benzene rings is 1. The Balaban J connectivity index is 1.65. The van der Waals surface area contributed by atoms with E-state index in [1.165, 1.54) is 50.9 Å². The highest BCUT2D eigenvalue weighted by Gasteiger charge is 2.40. The van der Waals surface area contributed by atoms with Gasteiger partial charge in [-0.25, -0.2) is 0 Å². The minimum Gasteiger partial charge on any atom is -0.315 e. The zero-order valence-corrected chi connectivity index (χ0v) is 11.9. The zero-order chi connectivity index (χ0) is 12.8. The summed E-state index contributed by atoms with van der Waals surface area (Å²) in [5.41, 5.74) is 4.65. The highest BCUT2D eigenvalue weighted by atomic mass is 15.2. The van der Waals surface area contributed by atoms with Gasteiger partial charge in [-0.3, -0.25) is 4.90 Å². The molecule has 1 aliphatic carbocycles. The van der Waals surface area contributed by atoms with E-state index in [1.807, 2.05) is 0 Å². The fourth-order valence-electron chi connectivity index (χ4n) is 4.54. The van der Waals surface area contributed by atoms with Crippen LogP contribution in [-0.4, -0.2) is 30.6 Å². The number of nitrogens with zero attached hydrogens (tertiary/aromatic N) is 1. The third kappa shape index (κ3) is 1.93. The maximum absolute atomic E-state index is 3.61. The van der Waals surface area contributed by atoms with Gasteiger partial charge in [0.2, 0.25) is 0 Å². The third-order valence-corrected chi connectivity index (χ3v) is 5.47. The van der Waals surface area contributed by atoms with Crippen molar-refractivity contribution in [1.82, 2.24) is 10.2 Å². The van der Waals surface area contributed by atoms with E-state index in [4.69, 9.17) is 0 Å². The fraction of sp³-hybridized carbons (Fsp3) is 0.647. The number of aryl methyl sites for hydroxylation is 2. The van der Waals surface area contributed by atoms with E-state index in [-0.39, 0.29) is 0 Å². The lowest BCUT2D eigenvalue weighted by Crippen LogP contribution is -2.46. The molecule has 0 aromatic heterocycles. The molecular formula is C17H24N2. The van der Waals surface area contributed by atoms with Crippen molar-refractivity contribution in [3.8, 4) is 0 Å². The van der Waals surface area contributed by atoms with Gasteiger partial charge in [0, 0.05) is 18.6 Å². The lowest BCUT2D eigenvalue weighted by molar-refractivity contribution is 0.0771. The van der Waals surface area contributed by atoms with E-state index in [1.54, 1.807) is 11.1 Å². The summed E-state index contributed by atoms with van der Waals surface area (Å²) in [5, 5.41) is 3.61. The van der Waals surface area contributed by atoms with E-state index in [9.17, 15) is 0 Å². The molecule has 2 heterocycles. The van der Waals surface area contributed by atoms with Crippen molar-refractivity contribution < 1.29 is 0 Å². The van der Waals surface area contributed by atoms with E-state index in [2.05, 4.69) is 35.3 Å². The maximum atomic E-state index is 3.61. The largest absolute Gasteiger partial charge is 0.315 e. The Morgan fingerprint density at radius 1 is 1.21 bits per heavy atom. The van der Waals surface area contributed by atoms with Crippen LogP contribution in [0.5, 0.6) is 0 Å². The Morgan fingerprint density at radius 2 is 2.16 bits per heavy atom. The van der Waals surface area contributed by atoms with Crippen molar-refractivity contribution in [2.75, 3.05) is 19.6 Å². The van der Waals surface area contributed by atoms with Crippen LogP contribution in [0, 0.1) is 12.8 Å². The Kier molecular flexibility index (Phi) is 2.89. The molecule has 2 nitrogen and oxygen atoms in total. The Bertz CT molecular complexity index is 482. The van der Waals surface area contributed by atoms with E-state index in [0.29, 0.717) is 6.04 Å². The summed E-state index contributed by atoms with van der Waals surface area (Å²) in [6.45, 7) is 5.99. The van der Waals surface area contributed by atoms with Gasteiger partial charge in [-0.15, -0.1) is 0 Å². The predicted molar refractivity (Wildman–Crippen MR) is 78.3 cm³/mol. The van der Waals surface area contributed by atoms with Gasteiger partial charge in [-0.05, 0) is 62.7 Å². The third-order valence-electron chi connectivity index (χ3n) is 5.47. The molecule has 1 aromatic rings. The van der Waals surface area contributed by atoms with Gasteiger partial charge in [0.1, 0.15) is 0 Å². The molecule has 3 unspecified atom stereocenters. The summed E-state index contributed by atoms with van der Waals surface area (Å²) in [4.78, 5) is 2.83. The van der Waals surface area contributed by atoms with Crippen LogP contribution < -0.4 is 5.32 Å². The summed E-state index contributed by atoms with van der Waals surface area (Å²) in [6, 6.07) is 8.57. The second-order valence-corrected chi connectivity index (χ2v) is 6.62. The first kappa shape index (κ1) is 11.9. The van der Waals surface area contributed by atoms with Crippen molar-refractivity contribution in [3.05, 3.63) is 34.9 Å². The summed E-state index contributed by atoms with van der Waals surface area (Å²) in [5.74, 6) is 0.905. The van der Waals surface area contributed by atoms with Crippen LogP contribution in [0.3, 0.4) is 0 Å². The smallest absolute Gasteiger partial charge is 0.0357 e. The molecule has 2 aliphatic heterocycles. The molecule has 0 spiro atoms. The minimum absolute atomic E-state index is 0.697. The molecule has 2 saturated heterocycles. The summed E-state index contributed by atoms with van der Waals surface area (Å²) in [6.07, 6.45) is 5.44. The molecule has 3 aliphatic rings. The molecule has 19 heavy (non-hydrogen) atoms. The van der Waals surface area contributed by atoms with E-state index >= 15 is 0 Å². The SMILES string of the molecule is Cc1ccc2c(c1)C(N1CCCC3CNCC31)CC2. The highest BCUT2D eigenvalue weighted by molar-refractivity contribution is 5.38. The minimum atomic E-state index is 0.697. The molecule has 102 valence electrons. The van der Waals surface area contributed by atoms with E-state index in [0.717, 1.165) is 12.0 Å². The van der Waals surface area contributed by atoms with Crippen LogP contribution >= 0.6 is 0 Å². The van der Waals surface area contributed by atoms with Gasteiger partial charge in [0.05, 0.1) is 0 Å². The quantitative estimate of drug-likeness (QED) is 0.831. The Morgan fingerprint density at radius 3 is 3.11 bits per heavy atom. The molecule has 2 fully saturated rings. The normalized spacial score (nSPS) is 34.3. The number of rotatable bonds is 1. The van der Waals surface area contributed by atoms with Gasteiger partial charge in [-0.1, -0.05) is 23.8 Å². The van der Waals surface area contributed by atoms with Crippen molar-refractivity contribution in [3.63, 3.8) is 0 Å². The molecule has 3 atom stereocenters. The number of hydrogen-bond donors (Lipinski definition) is 1. The monoisotopic (exact) mass is 256 g/mol. The molecular weight excluding hydrogens is 232 g/mol. The maximum Gasteiger partial charge on any atom is 0.0357 e. The Hall–Kier alpha value is -0.860. The first-order valence-corrected chi connectivity index (χ1v) is 7.89. The van der Waals surface area contributed by atoms with Crippen LogP contribution in [0.1, 0.15) is 42.0 Å². The van der Waals surface area contributed by atoms with Crippen LogP contribution in [0.2, 0.25) is 0 Å². The van der Waals surface area contributed by atoms with Crippen LogP contribution in [0.4, 0.5) is 0 Å². The molecule has 1 aromatic carbocycles. The first-order chi connectivity index (χ1) is 9.33. The molecule has 0 amide bonds. The highest BCUT2D eigenvalue weighted by Crippen LogP contribution is 2.41. The topological polar surface area (TPSA) is 15.3 Å². The predicted octanol–water partition coefficient (Wildman–Crippen LogP) is 2.67. The van der Waals surface area contributed by atoms with Crippen molar-refractivity contribution in [2.24, 2.45) is 5.92 Å². The molecule has 4 rings (SSSR count). The first-order valence-electron chi connectivity index (χ1n) is 7.89. The van der Waals surface area contributed by atoms with Crippen LogP contribution in [0.15, 0.2) is 18.2 Å². The fourth-order valence-corrected chi connectivity index (χ4v) is 4.54. The lowest BCUT2D eigenvalue weighted by Gasteiger charge is -2.41. The number of fused-ring (bicyclic) bond motifs is 2. The molecule has 0 radical (unpaired) electrons. The lowest BCUT2D eigenvalue weighted by atomic mass is 9.89. The van der Waals surface area contributed by atoms with Crippen LogP contribution in [0.25, 0.3) is 0 Å². The number of nitrogens with one attached hydrogen (secondary N) is 1. The van der Waals surface area contributed by atoms with E-state index < -0.39 is 0 Å². The standard InChI is InChI=1S/C17H24N2/c1-12-4-5-13-6-7-16(15(13)9-12)19-8-2-3-14-10-18-11-17(14)19/h4-5,9,14,16-18H,2-3,6-8,10-11H2,1H3. The Labute approximate surface area is 116 Å². The van der Waals surface area contributed by atoms with Crippen molar-refractivity contribution in [1.29, 1.82) is 0 Å². The number of piperidine rings is 1. The van der Waals surface area contributed by atoms with Gasteiger partial charge in [0.15, 0.2) is 0 Å².